The van der Waals surface area contributed by atoms with Gasteiger partial charge < -0.3 is 14.7 Å². The molecule has 0 aromatic rings. The van der Waals surface area contributed by atoms with E-state index in [1.54, 1.807) is 6.92 Å². The highest BCUT2D eigenvalue weighted by molar-refractivity contribution is 5.97. The molecule has 0 spiro atoms. The molecule has 2 unspecified atom stereocenters. The van der Waals surface area contributed by atoms with Crippen LogP contribution in [0.1, 0.15) is 13.3 Å². The highest BCUT2D eigenvalue weighted by Crippen LogP contribution is 2.17. The van der Waals surface area contributed by atoms with Gasteiger partial charge in [-0.05, 0) is 14.0 Å². The lowest BCUT2D eigenvalue weighted by Gasteiger charge is -2.11. The second-order valence-corrected chi connectivity index (χ2v) is 3.84. The van der Waals surface area contributed by atoms with Gasteiger partial charge in [0.1, 0.15) is 6.42 Å². The summed E-state index contributed by atoms with van der Waals surface area (Å²) in [6, 6.07) is 0. The van der Waals surface area contributed by atoms with Crippen LogP contribution in [0.5, 0.6) is 0 Å². The summed E-state index contributed by atoms with van der Waals surface area (Å²) in [5.74, 6) is -1.19. The zero-order chi connectivity index (χ0) is 11.4. The summed E-state index contributed by atoms with van der Waals surface area (Å²) in [6.45, 7) is 2.97. The van der Waals surface area contributed by atoms with Crippen LogP contribution in [0.2, 0.25) is 0 Å². The third kappa shape index (κ3) is 3.28. The minimum Gasteiger partial charge on any atom is -0.466 e. The molecule has 1 aliphatic rings. The minimum atomic E-state index is -0.656. The molecule has 1 rings (SSSR count). The highest BCUT2D eigenvalue weighted by atomic mass is 16.5. The predicted octanol–water partition coefficient (Wildman–Crippen LogP) is -0.569. The van der Waals surface area contributed by atoms with Crippen molar-refractivity contribution in [2.45, 2.75) is 19.4 Å². The van der Waals surface area contributed by atoms with Gasteiger partial charge in [-0.3, -0.25) is 9.59 Å². The van der Waals surface area contributed by atoms with Crippen molar-refractivity contribution in [3.8, 4) is 0 Å². The Morgan fingerprint density at radius 1 is 1.47 bits per heavy atom. The fraction of sp³-hybridized carbons (Fsp3) is 0.800. The molecule has 0 aliphatic carbocycles. The van der Waals surface area contributed by atoms with Crippen LogP contribution in [0.25, 0.3) is 0 Å². The lowest BCUT2D eigenvalue weighted by atomic mass is 9.99. The normalized spacial score (nSPS) is 26.6. The molecule has 1 N–H and O–H groups in total. The third-order valence-electron chi connectivity index (χ3n) is 2.51. The predicted molar refractivity (Wildman–Crippen MR) is 53.3 cm³/mol. The molecule has 1 aliphatic heterocycles. The second-order valence-electron chi connectivity index (χ2n) is 3.84. The van der Waals surface area contributed by atoms with E-state index in [1.807, 2.05) is 11.9 Å². The molecule has 0 aromatic heterocycles. The Labute approximate surface area is 89.0 Å². The van der Waals surface area contributed by atoms with Gasteiger partial charge in [0, 0.05) is 13.1 Å². The van der Waals surface area contributed by atoms with Crippen molar-refractivity contribution >= 4 is 11.8 Å². The number of Topliss-reactive ketones (excluding diaryl/α,β-unsaturated/α-hetero) is 1. The first-order valence-corrected chi connectivity index (χ1v) is 5.09. The zero-order valence-corrected chi connectivity index (χ0v) is 9.10. The number of likely N-dealkylation sites (N-methyl/N-ethyl adjacent to an activating group) is 1. The molecular weight excluding hydrogens is 198 g/mol. The Hall–Kier alpha value is -0.940. The number of esters is 1. The number of hydrogen-bond acceptors (Lipinski definition) is 5. The summed E-state index contributed by atoms with van der Waals surface area (Å²) in [5, 5.41) is 9.56. The number of carbonyl (C=O) groups excluding carboxylic acids is 2. The second kappa shape index (κ2) is 5.23. The van der Waals surface area contributed by atoms with E-state index in [2.05, 4.69) is 4.74 Å². The number of likely N-dealkylation sites (tertiary alicyclic amines) is 1. The van der Waals surface area contributed by atoms with Crippen LogP contribution >= 0.6 is 0 Å². The van der Waals surface area contributed by atoms with Gasteiger partial charge in [-0.1, -0.05) is 0 Å². The van der Waals surface area contributed by atoms with E-state index in [0.29, 0.717) is 13.1 Å². The molecule has 0 aromatic carbocycles. The maximum Gasteiger partial charge on any atom is 0.313 e. The summed E-state index contributed by atoms with van der Waals surface area (Å²) in [7, 11) is 1.83. The average molecular weight is 215 g/mol. The van der Waals surface area contributed by atoms with E-state index >= 15 is 0 Å². The van der Waals surface area contributed by atoms with Crippen LogP contribution in [0.4, 0.5) is 0 Å². The molecule has 0 bridgehead atoms. The van der Waals surface area contributed by atoms with Crippen LogP contribution < -0.4 is 0 Å². The topological polar surface area (TPSA) is 66.8 Å². The molecule has 0 saturated carbocycles. The molecule has 0 amide bonds. The van der Waals surface area contributed by atoms with Crippen molar-refractivity contribution in [1.29, 1.82) is 0 Å². The fourth-order valence-electron chi connectivity index (χ4n) is 1.78. The average Bonchev–Trinajstić information content (AvgIpc) is 2.45. The highest BCUT2D eigenvalue weighted by Gasteiger charge is 2.35. The maximum absolute atomic E-state index is 11.6. The van der Waals surface area contributed by atoms with Crippen molar-refractivity contribution in [2.24, 2.45) is 5.92 Å². The Kier molecular flexibility index (Phi) is 4.23. The molecule has 5 nitrogen and oxygen atoms in total. The zero-order valence-electron chi connectivity index (χ0n) is 9.10. The molecule has 1 heterocycles. The van der Waals surface area contributed by atoms with Crippen LogP contribution in [0.15, 0.2) is 0 Å². The smallest absolute Gasteiger partial charge is 0.313 e. The molecular formula is C10H17NO4. The standard InChI is InChI=1S/C10H17NO4/c1-3-15-10(14)4-8(12)7-5-11(2)6-9(7)13/h7,9,13H,3-6H2,1-2H3. The van der Waals surface area contributed by atoms with Crippen molar-refractivity contribution in [3.63, 3.8) is 0 Å². The number of aliphatic hydroxyl groups is 1. The molecule has 5 heteroatoms. The third-order valence-corrected chi connectivity index (χ3v) is 2.51. The quantitative estimate of drug-likeness (QED) is 0.502. The lowest BCUT2D eigenvalue weighted by Crippen LogP contribution is -2.28. The van der Waals surface area contributed by atoms with Gasteiger partial charge in [0.25, 0.3) is 0 Å². The molecule has 2 atom stereocenters. The van der Waals surface area contributed by atoms with Crippen LogP contribution in [0.3, 0.4) is 0 Å². The van der Waals surface area contributed by atoms with E-state index in [1.165, 1.54) is 0 Å². The van der Waals surface area contributed by atoms with Gasteiger partial charge in [0.15, 0.2) is 5.78 Å². The van der Waals surface area contributed by atoms with E-state index in [-0.39, 0.29) is 18.8 Å². The number of carbonyl (C=O) groups is 2. The first kappa shape index (κ1) is 12.1. The summed E-state index contributed by atoms with van der Waals surface area (Å²) >= 11 is 0. The van der Waals surface area contributed by atoms with Gasteiger partial charge in [0.05, 0.1) is 18.6 Å². The number of nitrogens with zero attached hydrogens (tertiary/aromatic N) is 1. The number of ketones is 1. The fourth-order valence-corrected chi connectivity index (χ4v) is 1.78. The Morgan fingerprint density at radius 2 is 2.13 bits per heavy atom. The number of hydrogen-bond donors (Lipinski definition) is 1. The van der Waals surface area contributed by atoms with Crippen molar-refractivity contribution in [2.75, 3.05) is 26.7 Å². The number of aliphatic hydroxyl groups excluding tert-OH is 1. The number of β-amino-alcohol motifs (C(OH)–C–C–N with tert-alkyl or cyclic N) is 1. The van der Waals surface area contributed by atoms with Crippen molar-refractivity contribution < 1.29 is 19.4 Å². The first-order valence-electron chi connectivity index (χ1n) is 5.09. The van der Waals surface area contributed by atoms with Crippen molar-refractivity contribution in [3.05, 3.63) is 0 Å². The lowest BCUT2D eigenvalue weighted by molar-refractivity contribution is -0.146. The van der Waals surface area contributed by atoms with E-state index in [9.17, 15) is 14.7 Å². The largest absolute Gasteiger partial charge is 0.466 e. The van der Waals surface area contributed by atoms with Crippen LogP contribution in [-0.2, 0) is 14.3 Å². The molecule has 1 saturated heterocycles. The SMILES string of the molecule is CCOC(=O)CC(=O)C1CN(C)CC1O. The summed E-state index contributed by atoms with van der Waals surface area (Å²) in [4.78, 5) is 24.5. The Balaban J connectivity index is 2.43. The molecule has 86 valence electrons. The van der Waals surface area contributed by atoms with E-state index < -0.39 is 18.0 Å². The summed E-state index contributed by atoms with van der Waals surface area (Å²) in [6.07, 6.45) is -0.888. The molecule has 15 heavy (non-hydrogen) atoms. The van der Waals surface area contributed by atoms with Gasteiger partial charge >= 0.3 is 5.97 Å². The van der Waals surface area contributed by atoms with Gasteiger partial charge in [-0.25, -0.2) is 0 Å². The Morgan fingerprint density at radius 3 is 2.60 bits per heavy atom. The minimum absolute atomic E-state index is 0.231. The monoisotopic (exact) mass is 215 g/mol. The van der Waals surface area contributed by atoms with E-state index in [0.717, 1.165) is 0 Å². The molecule has 0 radical (unpaired) electrons. The van der Waals surface area contributed by atoms with Crippen LogP contribution in [-0.4, -0.2) is 54.6 Å². The van der Waals surface area contributed by atoms with Gasteiger partial charge in [-0.15, -0.1) is 0 Å². The maximum atomic E-state index is 11.6. The van der Waals surface area contributed by atoms with Crippen molar-refractivity contribution in [1.82, 2.24) is 4.90 Å². The number of rotatable bonds is 4. The Bertz CT molecular complexity index is 254. The molecule has 1 fully saturated rings. The van der Waals surface area contributed by atoms with Gasteiger partial charge in [-0.2, -0.15) is 0 Å². The summed E-state index contributed by atoms with van der Waals surface area (Å²) < 4.78 is 4.68. The van der Waals surface area contributed by atoms with Crippen LogP contribution in [0, 0.1) is 5.92 Å². The summed E-state index contributed by atoms with van der Waals surface area (Å²) in [5.41, 5.74) is 0. The first-order chi connectivity index (χ1) is 7.04. The number of ether oxygens (including phenoxy) is 1. The van der Waals surface area contributed by atoms with E-state index in [4.69, 9.17) is 0 Å². The van der Waals surface area contributed by atoms with Gasteiger partial charge in [0.2, 0.25) is 0 Å².